The van der Waals surface area contributed by atoms with Crippen LogP contribution in [0, 0.1) is 6.92 Å². The predicted octanol–water partition coefficient (Wildman–Crippen LogP) is 2.05. The largest absolute Gasteiger partial charge is 0.494 e. The zero-order valence-electron chi connectivity index (χ0n) is 8.79. The van der Waals surface area contributed by atoms with Crippen molar-refractivity contribution in [2.45, 2.75) is 39.7 Å². The van der Waals surface area contributed by atoms with E-state index in [1.165, 1.54) is 4.57 Å². The molecular formula is C11H17NO2. The number of nitrogens with zero attached hydrogens (tertiary/aromatic N) is 1. The molecule has 0 radical (unpaired) electrons. The molecule has 3 heteroatoms. The molecule has 14 heavy (non-hydrogen) atoms. The second kappa shape index (κ2) is 4.84. The number of pyridine rings is 1. The molecular weight excluding hydrogens is 178 g/mol. The second-order valence-corrected chi connectivity index (χ2v) is 3.59. The average Bonchev–Trinajstić information content (AvgIpc) is 2.09. The van der Waals surface area contributed by atoms with E-state index in [1.807, 2.05) is 0 Å². The van der Waals surface area contributed by atoms with E-state index in [1.54, 1.807) is 19.1 Å². The Morgan fingerprint density at radius 2 is 2.07 bits per heavy atom. The molecule has 0 saturated heterocycles. The highest BCUT2D eigenvalue weighted by molar-refractivity contribution is 5.19. The number of rotatable bonds is 4. The maximum atomic E-state index is 11.5. The van der Waals surface area contributed by atoms with E-state index < -0.39 is 0 Å². The average molecular weight is 195 g/mol. The lowest BCUT2D eigenvalue weighted by atomic mass is 10.2. The van der Waals surface area contributed by atoms with Gasteiger partial charge in [0.05, 0.1) is 0 Å². The molecule has 0 aromatic carbocycles. The number of aryl methyl sites for hydroxylation is 1. The maximum Gasteiger partial charge on any atom is 0.253 e. The lowest BCUT2D eigenvalue weighted by Crippen LogP contribution is -2.19. The molecule has 0 unspecified atom stereocenters. The molecule has 0 saturated carbocycles. The molecule has 0 amide bonds. The van der Waals surface area contributed by atoms with Crippen molar-refractivity contribution in [1.29, 1.82) is 0 Å². The molecule has 0 aliphatic rings. The van der Waals surface area contributed by atoms with E-state index in [0.29, 0.717) is 6.54 Å². The summed E-state index contributed by atoms with van der Waals surface area (Å²) < 4.78 is 1.42. The van der Waals surface area contributed by atoms with Gasteiger partial charge in [-0.25, -0.2) is 0 Å². The van der Waals surface area contributed by atoms with Gasteiger partial charge in [0.25, 0.3) is 5.56 Å². The topological polar surface area (TPSA) is 42.2 Å². The SMILES string of the molecule is CCCCCn1c(O)cc(C)cc1=O. The van der Waals surface area contributed by atoms with E-state index >= 15 is 0 Å². The summed E-state index contributed by atoms with van der Waals surface area (Å²) in [7, 11) is 0. The predicted molar refractivity (Wildman–Crippen MR) is 56.6 cm³/mol. The minimum Gasteiger partial charge on any atom is -0.494 e. The van der Waals surface area contributed by atoms with Crippen LogP contribution < -0.4 is 5.56 Å². The Labute approximate surface area is 84.0 Å². The van der Waals surface area contributed by atoms with Crippen molar-refractivity contribution in [3.63, 3.8) is 0 Å². The lowest BCUT2D eigenvalue weighted by Gasteiger charge is -2.07. The Morgan fingerprint density at radius 3 is 2.64 bits per heavy atom. The summed E-state index contributed by atoms with van der Waals surface area (Å²) in [5.74, 6) is 0.0751. The summed E-state index contributed by atoms with van der Waals surface area (Å²) in [5.41, 5.74) is 0.692. The van der Waals surface area contributed by atoms with Crippen molar-refractivity contribution in [3.8, 4) is 5.88 Å². The van der Waals surface area contributed by atoms with Gasteiger partial charge in [0.2, 0.25) is 0 Å². The van der Waals surface area contributed by atoms with Gasteiger partial charge in [-0.05, 0) is 18.9 Å². The Balaban J connectivity index is 2.81. The van der Waals surface area contributed by atoms with Crippen LogP contribution >= 0.6 is 0 Å². The Bertz CT molecular complexity index is 355. The molecule has 78 valence electrons. The van der Waals surface area contributed by atoms with E-state index in [4.69, 9.17) is 0 Å². The molecule has 1 heterocycles. The molecule has 0 fully saturated rings. The van der Waals surface area contributed by atoms with Crippen LogP contribution in [0.5, 0.6) is 5.88 Å². The van der Waals surface area contributed by atoms with Gasteiger partial charge >= 0.3 is 0 Å². The molecule has 1 aromatic heterocycles. The first kappa shape index (κ1) is 10.8. The molecule has 0 bridgehead atoms. The van der Waals surface area contributed by atoms with Crippen molar-refractivity contribution >= 4 is 0 Å². The minimum absolute atomic E-state index is 0.0751. The summed E-state index contributed by atoms with van der Waals surface area (Å²) >= 11 is 0. The Kier molecular flexibility index (Phi) is 3.74. The van der Waals surface area contributed by atoms with Gasteiger partial charge in [-0.1, -0.05) is 19.8 Å². The van der Waals surface area contributed by atoms with Crippen LogP contribution in [0.2, 0.25) is 0 Å². The fourth-order valence-electron chi connectivity index (χ4n) is 1.45. The van der Waals surface area contributed by atoms with E-state index in [-0.39, 0.29) is 11.4 Å². The highest BCUT2D eigenvalue weighted by Gasteiger charge is 2.02. The van der Waals surface area contributed by atoms with E-state index in [0.717, 1.165) is 24.8 Å². The van der Waals surface area contributed by atoms with Gasteiger partial charge in [0, 0.05) is 18.7 Å². The van der Waals surface area contributed by atoms with Gasteiger partial charge < -0.3 is 5.11 Å². The molecule has 3 nitrogen and oxygen atoms in total. The number of aromatic hydroxyl groups is 1. The van der Waals surface area contributed by atoms with Crippen LogP contribution in [-0.2, 0) is 6.54 Å². The smallest absolute Gasteiger partial charge is 0.253 e. The van der Waals surface area contributed by atoms with Crippen LogP contribution in [0.4, 0.5) is 0 Å². The van der Waals surface area contributed by atoms with E-state index in [2.05, 4.69) is 6.92 Å². The monoisotopic (exact) mass is 195 g/mol. The number of hydrogen-bond acceptors (Lipinski definition) is 2. The third-order valence-corrected chi connectivity index (χ3v) is 2.24. The molecule has 0 atom stereocenters. The quantitative estimate of drug-likeness (QED) is 0.747. The van der Waals surface area contributed by atoms with Crippen molar-refractivity contribution in [2.24, 2.45) is 0 Å². The van der Waals surface area contributed by atoms with Crippen molar-refractivity contribution in [2.75, 3.05) is 0 Å². The van der Waals surface area contributed by atoms with Crippen molar-refractivity contribution in [1.82, 2.24) is 4.57 Å². The zero-order chi connectivity index (χ0) is 10.6. The summed E-state index contributed by atoms with van der Waals surface area (Å²) in [6.07, 6.45) is 3.13. The molecule has 0 aliphatic heterocycles. The zero-order valence-corrected chi connectivity index (χ0v) is 8.79. The second-order valence-electron chi connectivity index (χ2n) is 3.59. The fourth-order valence-corrected chi connectivity index (χ4v) is 1.45. The van der Waals surface area contributed by atoms with Crippen LogP contribution in [0.15, 0.2) is 16.9 Å². The summed E-state index contributed by atoms with van der Waals surface area (Å²) in [4.78, 5) is 11.5. The van der Waals surface area contributed by atoms with Crippen molar-refractivity contribution < 1.29 is 5.11 Å². The standard InChI is InChI=1S/C11H17NO2/c1-3-4-5-6-12-10(13)7-9(2)8-11(12)14/h7-8,13H,3-6H2,1-2H3. The molecule has 1 N–H and O–H groups in total. The lowest BCUT2D eigenvalue weighted by molar-refractivity contribution is 0.399. The first-order valence-corrected chi connectivity index (χ1v) is 5.05. The van der Waals surface area contributed by atoms with Gasteiger partial charge in [0.15, 0.2) is 5.88 Å². The highest BCUT2D eigenvalue weighted by atomic mass is 16.3. The number of hydrogen-bond donors (Lipinski definition) is 1. The maximum absolute atomic E-state index is 11.5. The molecule has 1 rings (SSSR count). The first-order valence-electron chi connectivity index (χ1n) is 5.05. The summed E-state index contributed by atoms with van der Waals surface area (Å²) in [6.45, 7) is 4.52. The van der Waals surface area contributed by atoms with Gasteiger partial charge in [-0.2, -0.15) is 0 Å². The van der Waals surface area contributed by atoms with Gasteiger partial charge in [0.1, 0.15) is 0 Å². The third-order valence-electron chi connectivity index (χ3n) is 2.24. The summed E-state index contributed by atoms with van der Waals surface area (Å²) in [6, 6.07) is 3.17. The highest BCUT2D eigenvalue weighted by Crippen LogP contribution is 2.09. The van der Waals surface area contributed by atoms with Crippen molar-refractivity contribution in [3.05, 3.63) is 28.0 Å². The van der Waals surface area contributed by atoms with Gasteiger partial charge in [-0.15, -0.1) is 0 Å². The van der Waals surface area contributed by atoms with Crippen LogP contribution in [0.25, 0.3) is 0 Å². The number of aromatic nitrogens is 1. The fraction of sp³-hybridized carbons (Fsp3) is 0.545. The molecule has 0 spiro atoms. The normalized spacial score (nSPS) is 10.4. The first-order chi connectivity index (χ1) is 6.65. The molecule has 0 aliphatic carbocycles. The van der Waals surface area contributed by atoms with Crippen LogP contribution in [0.1, 0.15) is 31.7 Å². The minimum atomic E-state index is -0.112. The third kappa shape index (κ3) is 2.62. The van der Waals surface area contributed by atoms with Crippen LogP contribution in [0.3, 0.4) is 0 Å². The molecule has 1 aromatic rings. The van der Waals surface area contributed by atoms with Crippen LogP contribution in [-0.4, -0.2) is 9.67 Å². The number of unbranched alkanes of at least 4 members (excludes halogenated alkanes) is 2. The van der Waals surface area contributed by atoms with Gasteiger partial charge in [-0.3, -0.25) is 9.36 Å². The Hall–Kier alpha value is -1.25. The summed E-state index contributed by atoms with van der Waals surface area (Å²) in [5, 5.41) is 9.53. The Morgan fingerprint density at radius 1 is 1.36 bits per heavy atom. The van der Waals surface area contributed by atoms with E-state index in [9.17, 15) is 9.90 Å².